The summed E-state index contributed by atoms with van der Waals surface area (Å²) in [5.41, 5.74) is 1.58. The van der Waals surface area contributed by atoms with Gasteiger partial charge in [0.15, 0.2) is 0 Å². The molecule has 0 saturated carbocycles. The average Bonchev–Trinajstić information content (AvgIpc) is 2.96. The molecule has 11 heteroatoms. The second-order valence-corrected chi connectivity index (χ2v) is 12.6. The summed E-state index contributed by atoms with van der Waals surface area (Å²) in [4.78, 5) is 58.0. The van der Waals surface area contributed by atoms with Crippen molar-refractivity contribution in [3.63, 3.8) is 0 Å². The summed E-state index contributed by atoms with van der Waals surface area (Å²) in [7, 11) is 0. The fraction of sp³-hybridized carbons (Fsp3) is 0.412. The number of rotatable bonds is 12. The normalized spacial score (nSPS) is 14.5. The van der Waals surface area contributed by atoms with Crippen molar-refractivity contribution >= 4 is 52.4 Å². The van der Waals surface area contributed by atoms with Crippen LogP contribution in [0, 0.1) is 0 Å². The van der Waals surface area contributed by atoms with Crippen LogP contribution in [0.25, 0.3) is 0 Å². The van der Waals surface area contributed by atoms with Crippen molar-refractivity contribution in [2.75, 3.05) is 47.8 Å². The third kappa shape index (κ3) is 10.2. The van der Waals surface area contributed by atoms with E-state index in [1.807, 2.05) is 17.0 Å². The van der Waals surface area contributed by atoms with Crippen LogP contribution in [0.15, 0.2) is 67.8 Å². The molecule has 0 spiro atoms. The van der Waals surface area contributed by atoms with Crippen LogP contribution < -0.4 is 20.4 Å². The van der Waals surface area contributed by atoms with Gasteiger partial charge in [-0.3, -0.25) is 19.3 Å². The van der Waals surface area contributed by atoms with E-state index in [1.165, 1.54) is 0 Å². The van der Waals surface area contributed by atoms with Crippen molar-refractivity contribution in [3.8, 4) is 0 Å². The van der Waals surface area contributed by atoms with Crippen molar-refractivity contribution in [1.82, 2.24) is 10.2 Å². The molecule has 242 valence electrons. The molecule has 1 atom stereocenters. The Kier molecular flexibility index (Phi) is 12.3. The lowest BCUT2D eigenvalue weighted by molar-refractivity contribution is -0.158. The number of amides is 3. The maximum Gasteiger partial charge on any atom is 0.329 e. The summed E-state index contributed by atoms with van der Waals surface area (Å²) in [6, 6.07) is 11.3. The van der Waals surface area contributed by atoms with Gasteiger partial charge in [-0.15, -0.1) is 13.2 Å². The molecule has 0 radical (unpaired) electrons. The summed E-state index contributed by atoms with van der Waals surface area (Å²) >= 11 is 6.21. The number of nitrogens with zero attached hydrogens (tertiary/aromatic N) is 3. The molecule has 1 saturated heterocycles. The second-order valence-electron chi connectivity index (χ2n) is 12.1. The highest BCUT2D eigenvalue weighted by Gasteiger charge is 2.30. The molecule has 1 heterocycles. The van der Waals surface area contributed by atoms with Gasteiger partial charge in [0.25, 0.3) is 0 Å². The lowest BCUT2D eigenvalue weighted by Gasteiger charge is -2.36. The van der Waals surface area contributed by atoms with E-state index in [0.717, 1.165) is 12.2 Å². The Balaban J connectivity index is 1.77. The monoisotopic (exact) mass is 637 g/mol. The number of esters is 1. The zero-order valence-electron chi connectivity index (χ0n) is 26.8. The van der Waals surface area contributed by atoms with Gasteiger partial charge in [-0.2, -0.15) is 0 Å². The molecule has 1 fully saturated rings. The van der Waals surface area contributed by atoms with Crippen LogP contribution in [-0.2, 0) is 30.3 Å². The quantitative estimate of drug-likeness (QED) is 0.199. The highest BCUT2D eigenvalue weighted by Crippen LogP contribution is 2.29. The molecule has 2 aromatic carbocycles. The standard InChI is InChI=1S/C34H44ClN5O5/c1-8-16-38(17-9-2)29-15-12-25(35)21-27(29)36-31(42)32(43)37-28(33(44)45-34(5,6)7)20-24-10-13-26(14-11-24)40-19-18-39(23(3)4)22-30(40)41/h8-15,21,23,28H,1-2,16-20,22H2,3-7H3,(H,36,42)(H,37,43). The lowest BCUT2D eigenvalue weighted by atomic mass is 10.0. The van der Waals surface area contributed by atoms with Gasteiger partial charge in [0, 0.05) is 49.4 Å². The predicted octanol–water partition coefficient (Wildman–Crippen LogP) is 4.58. The zero-order valence-corrected chi connectivity index (χ0v) is 27.5. The Bertz CT molecular complexity index is 1390. The van der Waals surface area contributed by atoms with Gasteiger partial charge in [0.1, 0.15) is 11.6 Å². The molecule has 10 nitrogen and oxygen atoms in total. The topological polar surface area (TPSA) is 111 Å². The molecule has 1 unspecified atom stereocenters. The Labute approximate surface area is 271 Å². The molecule has 45 heavy (non-hydrogen) atoms. The Hall–Kier alpha value is -4.15. The predicted molar refractivity (Wildman–Crippen MR) is 180 cm³/mol. The first-order chi connectivity index (χ1) is 21.2. The minimum Gasteiger partial charge on any atom is -0.458 e. The van der Waals surface area contributed by atoms with Crippen molar-refractivity contribution < 1.29 is 23.9 Å². The molecule has 3 rings (SSSR count). The molecule has 0 aliphatic carbocycles. The highest BCUT2D eigenvalue weighted by atomic mass is 35.5. The van der Waals surface area contributed by atoms with E-state index in [9.17, 15) is 19.2 Å². The SMILES string of the molecule is C=CCN(CC=C)c1ccc(Cl)cc1NC(=O)C(=O)NC(Cc1ccc(N2CCN(C(C)C)CC2=O)cc1)C(=O)OC(C)(C)C. The number of halogens is 1. The number of piperazine rings is 1. The number of carbonyl (C=O) groups is 4. The molecular formula is C34H44ClN5O5. The Morgan fingerprint density at radius 3 is 2.22 bits per heavy atom. The van der Waals surface area contributed by atoms with Gasteiger partial charge in [-0.1, -0.05) is 35.9 Å². The summed E-state index contributed by atoms with van der Waals surface area (Å²) in [5, 5.41) is 5.54. The summed E-state index contributed by atoms with van der Waals surface area (Å²) in [5.74, 6) is -2.65. The molecule has 1 aliphatic heterocycles. The average molecular weight is 638 g/mol. The molecule has 0 bridgehead atoms. The first-order valence-electron chi connectivity index (χ1n) is 15.0. The van der Waals surface area contributed by atoms with Gasteiger partial charge >= 0.3 is 17.8 Å². The van der Waals surface area contributed by atoms with Crippen molar-refractivity contribution in [2.45, 2.75) is 58.7 Å². The van der Waals surface area contributed by atoms with E-state index in [4.69, 9.17) is 16.3 Å². The molecule has 1 aliphatic rings. The zero-order chi connectivity index (χ0) is 33.3. The maximum absolute atomic E-state index is 13.2. The van der Waals surface area contributed by atoms with Crippen LogP contribution >= 0.6 is 11.6 Å². The summed E-state index contributed by atoms with van der Waals surface area (Å²) in [6.07, 6.45) is 3.48. The number of hydrogen-bond acceptors (Lipinski definition) is 7. The number of ether oxygens (including phenoxy) is 1. The Morgan fingerprint density at radius 1 is 1.02 bits per heavy atom. The van der Waals surface area contributed by atoms with Crippen LogP contribution in [0.4, 0.5) is 17.1 Å². The smallest absolute Gasteiger partial charge is 0.329 e. The maximum atomic E-state index is 13.2. The van der Waals surface area contributed by atoms with Crippen LogP contribution in [0.5, 0.6) is 0 Å². The van der Waals surface area contributed by atoms with Gasteiger partial charge in [0.05, 0.1) is 17.9 Å². The first kappa shape index (κ1) is 35.3. The van der Waals surface area contributed by atoms with Crippen LogP contribution in [0.1, 0.15) is 40.2 Å². The minimum atomic E-state index is -1.15. The van der Waals surface area contributed by atoms with E-state index in [-0.39, 0.29) is 18.4 Å². The third-order valence-corrected chi connectivity index (χ3v) is 7.35. The molecular weight excluding hydrogens is 594 g/mol. The van der Waals surface area contributed by atoms with Crippen molar-refractivity contribution in [2.24, 2.45) is 0 Å². The van der Waals surface area contributed by atoms with Crippen molar-refractivity contribution in [3.05, 3.63) is 78.4 Å². The van der Waals surface area contributed by atoms with E-state index in [1.54, 1.807) is 68.2 Å². The number of hydrogen-bond donors (Lipinski definition) is 2. The van der Waals surface area contributed by atoms with E-state index < -0.39 is 29.4 Å². The number of carbonyl (C=O) groups excluding carboxylic acids is 4. The van der Waals surface area contributed by atoms with Crippen LogP contribution in [-0.4, -0.2) is 79.0 Å². The second kappa shape index (κ2) is 15.7. The fourth-order valence-corrected chi connectivity index (χ4v) is 5.06. The lowest BCUT2D eigenvalue weighted by Crippen LogP contribution is -2.52. The summed E-state index contributed by atoms with van der Waals surface area (Å²) < 4.78 is 5.57. The molecule has 3 amide bonds. The van der Waals surface area contributed by atoms with Gasteiger partial charge in [-0.25, -0.2) is 4.79 Å². The molecule has 2 N–H and O–H groups in total. The third-order valence-electron chi connectivity index (χ3n) is 7.12. The summed E-state index contributed by atoms with van der Waals surface area (Å²) in [6.45, 7) is 19.5. The van der Waals surface area contributed by atoms with Crippen molar-refractivity contribution in [1.29, 1.82) is 0 Å². The molecule has 0 aromatic heterocycles. The van der Waals surface area contributed by atoms with Gasteiger partial charge < -0.3 is 25.2 Å². The molecule has 2 aromatic rings. The van der Waals surface area contributed by atoms with E-state index in [2.05, 4.69) is 42.5 Å². The van der Waals surface area contributed by atoms with E-state index in [0.29, 0.717) is 48.1 Å². The van der Waals surface area contributed by atoms with Crippen LogP contribution in [0.2, 0.25) is 5.02 Å². The fourth-order valence-electron chi connectivity index (χ4n) is 4.89. The highest BCUT2D eigenvalue weighted by molar-refractivity contribution is 6.40. The number of benzene rings is 2. The Morgan fingerprint density at radius 2 is 1.67 bits per heavy atom. The number of nitrogens with one attached hydrogen (secondary N) is 2. The number of anilines is 3. The van der Waals surface area contributed by atoms with Crippen LogP contribution in [0.3, 0.4) is 0 Å². The van der Waals surface area contributed by atoms with Gasteiger partial charge in [-0.05, 0) is 70.5 Å². The first-order valence-corrected chi connectivity index (χ1v) is 15.3. The largest absolute Gasteiger partial charge is 0.458 e. The minimum absolute atomic E-state index is 0.0209. The van der Waals surface area contributed by atoms with Gasteiger partial charge in [0.2, 0.25) is 5.91 Å². The van der Waals surface area contributed by atoms with E-state index >= 15 is 0 Å².